The van der Waals surface area contributed by atoms with Gasteiger partial charge in [-0.05, 0) is 57.8 Å². The molecule has 0 amide bonds. The second-order valence-corrected chi connectivity index (χ2v) is 6.74. The molecule has 136 valence electrons. The fourth-order valence-electron chi connectivity index (χ4n) is 3.28. The molecular formula is C21H23FN2O2. The monoisotopic (exact) mass is 354 g/mol. The third-order valence-electron chi connectivity index (χ3n) is 4.98. The molecule has 3 aromatic rings. The van der Waals surface area contributed by atoms with Gasteiger partial charge >= 0.3 is 0 Å². The van der Waals surface area contributed by atoms with Crippen LogP contribution in [0.5, 0.6) is 0 Å². The zero-order chi connectivity index (χ0) is 19.0. The first-order chi connectivity index (χ1) is 12.3. The second-order valence-electron chi connectivity index (χ2n) is 6.74. The lowest BCUT2D eigenvalue weighted by Gasteiger charge is -2.15. The minimum absolute atomic E-state index is 0.0209. The van der Waals surface area contributed by atoms with Crippen molar-refractivity contribution in [3.8, 4) is 0 Å². The van der Waals surface area contributed by atoms with Gasteiger partial charge in [-0.25, -0.2) is 4.39 Å². The molecule has 0 saturated heterocycles. The van der Waals surface area contributed by atoms with Crippen molar-refractivity contribution in [2.45, 2.75) is 27.3 Å². The highest BCUT2D eigenvalue weighted by Gasteiger charge is 2.17. The van der Waals surface area contributed by atoms with Crippen LogP contribution in [-0.4, -0.2) is 41.2 Å². The zero-order valence-corrected chi connectivity index (χ0v) is 15.6. The van der Waals surface area contributed by atoms with Crippen molar-refractivity contribution in [2.75, 3.05) is 20.1 Å². The predicted molar refractivity (Wildman–Crippen MR) is 103 cm³/mol. The number of hydrogen-bond donors (Lipinski definition) is 0. The summed E-state index contributed by atoms with van der Waals surface area (Å²) < 4.78 is 16.5. The van der Waals surface area contributed by atoms with Gasteiger partial charge in [0.25, 0.3) is 0 Å². The molecule has 0 radical (unpaired) electrons. The summed E-state index contributed by atoms with van der Waals surface area (Å²) in [6.45, 7) is 7.42. The molecule has 0 bridgehead atoms. The van der Waals surface area contributed by atoms with Crippen molar-refractivity contribution in [3.05, 3.63) is 47.3 Å². The van der Waals surface area contributed by atoms with E-state index < -0.39 is 5.82 Å². The van der Waals surface area contributed by atoms with Gasteiger partial charge in [0.15, 0.2) is 11.6 Å². The Morgan fingerprint density at radius 1 is 1.04 bits per heavy atom. The van der Waals surface area contributed by atoms with Gasteiger partial charge in [-0.1, -0.05) is 6.92 Å². The molecule has 0 saturated carbocycles. The first kappa shape index (κ1) is 18.3. The molecular weight excluding hydrogens is 331 g/mol. The minimum Gasteiger partial charge on any atom is -0.339 e. The van der Waals surface area contributed by atoms with Crippen molar-refractivity contribution in [2.24, 2.45) is 0 Å². The largest absolute Gasteiger partial charge is 0.339 e. The summed E-state index contributed by atoms with van der Waals surface area (Å²) in [4.78, 5) is 25.7. The second kappa shape index (κ2) is 7.00. The first-order valence-electron chi connectivity index (χ1n) is 8.79. The number of carbonyl (C=O) groups excluding carboxylic acids is 2. The number of carbonyl (C=O) groups is 2. The summed E-state index contributed by atoms with van der Waals surface area (Å²) in [6, 6.07) is 8.59. The van der Waals surface area contributed by atoms with Gasteiger partial charge in [0.2, 0.25) is 0 Å². The molecule has 0 fully saturated rings. The number of halogens is 1. The molecule has 0 aliphatic heterocycles. The van der Waals surface area contributed by atoms with Gasteiger partial charge in [0, 0.05) is 34.9 Å². The van der Waals surface area contributed by atoms with E-state index in [-0.39, 0.29) is 17.1 Å². The van der Waals surface area contributed by atoms with Crippen LogP contribution in [0, 0.1) is 5.82 Å². The van der Waals surface area contributed by atoms with Crippen LogP contribution in [0.3, 0.4) is 0 Å². The number of benzene rings is 2. The molecule has 5 heteroatoms. The smallest absolute Gasteiger partial charge is 0.162 e. The van der Waals surface area contributed by atoms with Crippen LogP contribution < -0.4 is 0 Å². The van der Waals surface area contributed by atoms with E-state index in [1.54, 1.807) is 12.1 Å². The van der Waals surface area contributed by atoms with Crippen LogP contribution in [0.25, 0.3) is 21.8 Å². The fraction of sp³-hybridized carbons (Fsp3) is 0.333. The standard InChI is InChI=1S/C21H23FN2O2/c1-5-23(4)8-9-24-20-7-6-15(13(2)25)10-17(20)18-11-16(14(3)26)19(22)12-21(18)24/h6-7,10-12H,5,8-9H2,1-4H3. The van der Waals surface area contributed by atoms with Crippen LogP contribution in [0.2, 0.25) is 0 Å². The third kappa shape index (κ3) is 3.15. The summed E-state index contributed by atoms with van der Waals surface area (Å²) in [5.74, 6) is -0.837. The summed E-state index contributed by atoms with van der Waals surface area (Å²) in [5.41, 5.74) is 2.37. The normalized spacial score (nSPS) is 11.6. The molecule has 0 unspecified atom stereocenters. The molecule has 0 aliphatic carbocycles. The Morgan fingerprint density at radius 3 is 2.35 bits per heavy atom. The van der Waals surface area contributed by atoms with Crippen molar-refractivity contribution < 1.29 is 14.0 Å². The number of nitrogens with zero attached hydrogens (tertiary/aromatic N) is 2. The maximum atomic E-state index is 14.5. The van der Waals surface area contributed by atoms with Gasteiger partial charge in [-0.15, -0.1) is 0 Å². The van der Waals surface area contributed by atoms with E-state index >= 15 is 0 Å². The molecule has 1 heterocycles. The molecule has 3 rings (SSSR count). The SMILES string of the molecule is CCN(C)CCn1c2ccc(C(C)=O)cc2c2cc(C(C)=O)c(F)cc21. The molecule has 0 N–H and O–H groups in total. The average molecular weight is 354 g/mol. The average Bonchev–Trinajstić information content (AvgIpc) is 2.90. The third-order valence-corrected chi connectivity index (χ3v) is 4.98. The van der Waals surface area contributed by atoms with Crippen LogP contribution in [0.1, 0.15) is 41.5 Å². The highest BCUT2D eigenvalue weighted by Crippen LogP contribution is 2.32. The lowest BCUT2D eigenvalue weighted by atomic mass is 10.0. The summed E-state index contributed by atoms with van der Waals surface area (Å²) in [5, 5.41) is 1.67. The number of Topliss-reactive ketones (excluding diaryl/α,β-unsaturated/α-hetero) is 2. The Balaban J connectivity index is 2.30. The van der Waals surface area contributed by atoms with E-state index in [0.29, 0.717) is 12.1 Å². The molecule has 0 spiro atoms. The summed E-state index contributed by atoms with van der Waals surface area (Å²) in [7, 11) is 2.04. The highest BCUT2D eigenvalue weighted by atomic mass is 19.1. The quantitative estimate of drug-likeness (QED) is 0.620. The Kier molecular flexibility index (Phi) is 4.92. The lowest BCUT2D eigenvalue weighted by Crippen LogP contribution is -2.22. The van der Waals surface area contributed by atoms with Crippen LogP contribution >= 0.6 is 0 Å². The predicted octanol–water partition coefficient (Wildman–Crippen LogP) is 4.29. The lowest BCUT2D eigenvalue weighted by molar-refractivity contribution is 0.100. The van der Waals surface area contributed by atoms with Gasteiger partial charge in [-0.3, -0.25) is 9.59 Å². The van der Waals surface area contributed by atoms with Crippen LogP contribution in [0.4, 0.5) is 4.39 Å². The molecule has 2 aromatic carbocycles. The molecule has 1 aromatic heterocycles. The van der Waals surface area contributed by atoms with Gasteiger partial charge in [-0.2, -0.15) is 0 Å². The van der Waals surface area contributed by atoms with E-state index in [9.17, 15) is 14.0 Å². The first-order valence-corrected chi connectivity index (χ1v) is 8.79. The van der Waals surface area contributed by atoms with E-state index in [2.05, 4.69) is 16.4 Å². The molecule has 0 atom stereocenters. The highest BCUT2D eigenvalue weighted by molar-refractivity contribution is 6.12. The number of hydrogen-bond acceptors (Lipinski definition) is 3. The van der Waals surface area contributed by atoms with E-state index in [0.717, 1.165) is 34.9 Å². The maximum absolute atomic E-state index is 14.5. The topological polar surface area (TPSA) is 42.3 Å². The van der Waals surface area contributed by atoms with Crippen LogP contribution in [-0.2, 0) is 6.54 Å². The maximum Gasteiger partial charge on any atom is 0.162 e. The van der Waals surface area contributed by atoms with Crippen molar-refractivity contribution in [3.63, 3.8) is 0 Å². The number of fused-ring (bicyclic) bond motifs is 3. The summed E-state index contributed by atoms with van der Waals surface area (Å²) in [6.07, 6.45) is 0. The Labute approximate surface area is 152 Å². The Morgan fingerprint density at radius 2 is 1.73 bits per heavy atom. The van der Waals surface area contributed by atoms with Gasteiger partial charge in [0.1, 0.15) is 5.82 Å². The Hall–Kier alpha value is -2.53. The number of rotatable bonds is 6. The van der Waals surface area contributed by atoms with Crippen molar-refractivity contribution in [1.29, 1.82) is 0 Å². The van der Waals surface area contributed by atoms with E-state index in [1.165, 1.54) is 19.9 Å². The van der Waals surface area contributed by atoms with E-state index in [4.69, 9.17) is 0 Å². The van der Waals surface area contributed by atoms with Gasteiger partial charge in [0.05, 0.1) is 11.1 Å². The molecule has 4 nitrogen and oxygen atoms in total. The summed E-state index contributed by atoms with van der Waals surface area (Å²) >= 11 is 0. The fourth-order valence-corrected chi connectivity index (χ4v) is 3.28. The van der Waals surface area contributed by atoms with Crippen LogP contribution in [0.15, 0.2) is 30.3 Å². The van der Waals surface area contributed by atoms with Crippen molar-refractivity contribution in [1.82, 2.24) is 9.47 Å². The zero-order valence-electron chi connectivity index (χ0n) is 15.6. The Bertz CT molecular complexity index is 1020. The molecule has 0 aliphatic rings. The van der Waals surface area contributed by atoms with E-state index in [1.807, 2.05) is 19.2 Å². The minimum atomic E-state index is -0.510. The van der Waals surface area contributed by atoms with Crippen molar-refractivity contribution >= 4 is 33.4 Å². The number of ketones is 2. The molecule has 26 heavy (non-hydrogen) atoms. The number of aromatic nitrogens is 1. The van der Waals surface area contributed by atoms with Gasteiger partial charge < -0.3 is 9.47 Å². The number of likely N-dealkylation sites (N-methyl/N-ethyl adjacent to an activating group) is 1.